The summed E-state index contributed by atoms with van der Waals surface area (Å²) in [7, 11) is 2.00. The predicted octanol–water partition coefficient (Wildman–Crippen LogP) is 0.450. The van der Waals surface area contributed by atoms with Crippen LogP contribution >= 0.6 is 0 Å². The molecule has 0 aromatic rings. The number of nitrogens with zero attached hydrogens (tertiary/aromatic N) is 1. The highest BCUT2D eigenvalue weighted by atomic mass is 16.1. The van der Waals surface area contributed by atoms with Crippen LogP contribution < -0.4 is 5.73 Å². The number of nitrogens with two attached hydrogens (primary N) is 1. The molecule has 0 unspecified atom stereocenters. The summed E-state index contributed by atoms with van der Waals surface area (Å²) in [5.41, 5.74) is 5.11. The van der Waals surface area contributed by atoms with E-state index in [4.69, 9.17) is 5.73 Å². The third-order valence-corrected chi connectivity index (χ3v) is 1.68. The maximum absolute atomic E-state index is 10.6. The highest BCUT2D eigenvalue weighted by molar-refractivity contribution is 5.76. The topological polar surface area (TPSA) is 46.3 Å². The van der Waals surface area contributed by atoms with Crippen molar-refractivity contribution in [3.63, 3.8) is 0 Å². The summed E-state index contributed by atoms with van der Waals surface area (Å²) in [6.07, 6.45) is 1.11. The summed E-state index contributed by atoms with van der Waals surface area (Å²) in [4.78, 5) is 12.8. The summed E-state index contributed by atoms with van der Waals surface area (Å²) in [6.45, 7) is 5.76. The average molecular weight is 158 g/mol. The third kappa shape index (κ3) is 4.79. The van der Waals surface area contributed by atoms with Crippen LogP contribution in [0.15, 0.2) is 0 Å². The van der Waals surface area contributed by atoms with Gasteiger partial charge in [0.05, 0.1) is 0 Å². The number of amides is 1. The van der Waals surface area contributed by atoms with E-state index in [1.165, 1.54) is 0 Å². The van der Waals surface area contributed by atoms with Gasteiger partial charge in [0.15, 0.2) is 0 Å². The number of primary amides is 1. The molecule has 0 saturated carbocycles. The Hall–Kier alpha value is -0.570. The van der Waals surface area contributed by atoms with Crippen molar-refractivity contribution in [3.8, 4) is 0 Å². The van der Waals surface area contributed by atoms with Gasteiger partial charge in [-0.15, -0.1) is 0 Å². The Morgan fingerprint density at radius 2 is 2.18 bits per heavy atom. The first kappa shape index (κ1) is 10.4. The van der Waals surface area contributed by atoms with E-state index in [0.29, 0.717) is 0 Å². The molecule has 3 heteroatoms. The highest BCUT2D eigenvalue weighted by Gasteiger charge is 2.10. The molecule has 0 heterocycles. The molecule has 0 saturated heterocycles. The molecular weight excluding hydrogens is 140 g/mol. The number of carbonyl (C=O) groups excluding carboxylic acids is 1. The Morgan fingerprint density at radius 1 is 1.64 bits per heavy atom. The fourth-order valence-corrected chi connectivity index (χ4v) is 1.03. The van der Waals surface area contributed by atoms with Gasteiger partial charge < -0.3 is 10.6 Å². The van der Waals surface area contributed by atoms with Gasteiger partial charge in [0.1, 0.15) is 0 Å². The molecule has 3 nitrogen and oxygen atoms in total. The van der Waals surface area contributed by atoms with E-state index < -0.39 is 0 Å². The van der Waals surface area contributed by atoms with Crippen molar-refractivity contribution >= 4 is 5.91 Å². The van der Waals surface area contributed by atoms with Gasteiger partial charge in [0.25, 0.3) is 0 Å². The molecule has 1 atom stereocenters. The molecule has 11 heavy (non-hydrogen) atoms. The van der Waals surface area contributed by atoms with Crippen molar-refractivity contribution in [1.82, 2.24) is 4.90 Å². The molecule has 1 amide bonds. The lowest BCUT2D eigenvalue weighted by molar-refractivity contribution is -0.121. The van der Waals surface area contributed by atoms with Crippen LogP contribution in [0.3, 0.4) is 0 Å². The van der Waals surface area contributed by atoms with Crippen molar-refractivity contribution in [1.29, 1.82) is 0 Å². The van der Waals surface area contributed by atoms with Crippen LogP contribution in [0.5, 0.6) is 0 Å². The number of hydrogen-bond donors (Lipinski definition) is 1. The largest absolute Gasteiger partial charge is 0.369 e. The first-order chi connectivity index (χ1) is 5.07. The van der Waals surface area contributed by atoms with E-state index in [1.807, 2.05) is 14.0 Å². The predicted molar refractivity (Wildman–Crippen MR) is 46.1 cm³/mol. The van der Waals surface area contributed by atoms with Crippen LogP contribution in [0.4, 0.5) is 0 Å². The summed E-state index contributed by atoms with van der Waals surface area (Å²) in [5, 5.41) is 0. The van der Waals surface area contributed by atoms with Crippen molar-refractivity contribution < 1.29 is 4.79 Å². The zero-order valence-electron chi connectivity index (χ0n) is 7.63. The molecule has 0 aromatic heterocycles. The number of rotatable bonds is 5. The molecule has 0 spiro atoms. The zero-order valence-corrected chi connectivity index (χ0v) is 7.63. The van der Waals surface area contributed by atoms with Gasteiger partial charge in [0, 0.05) is 12.5 Å². The fourth-order valence-electron chi connectivity index (χ4n) is 1.03. The van der Waals surface area contributed by atoms with Gasteiger partial charge in [0.2, 0.25) is 5.91 Å². The minimum atomic E-state index is -0.215. The lowest BCUT2D eigenvalue weighted by Gasteiger charge is -2.18. The minimum absolute atomic E-state index is 0.0356. The minimum Gasteiger partial charge on any atom is -0.369 e. The maximum atomic E-state index is 10.6. The second-order valence-electron chi connectivity index (χ2n) is 3.07. The van der Waals surface area contributed by atoms with Crippen LogP contribution in [0, 0.1) is 5.92 Å². The fraction of sp³-hybridized carbons (Fsp3) is 0.875. The Bertz CT molecular complexity index is 125. The van der Waals surface area contributed by atoms with Crippen LogP contribution in [-0.4, -0.2) is 30.9 Å². The summed E-state index contributed by atoms with van der Waals surface area (Å²) < 4.78 is 0. The van der Waals surface area contributed by atoms with E-state index in [1.54, 1.807) is 0 Å². The quantitative estimate of drug-likeness (QED) is 0.631. The Morgan fingerprint density at radius 3 is 2.55 bits per heavy atom. The van der Waals surface area contributed by atoms with Gasteiger partial charge in [-0.05, 0) is 20.0 Å². The lowest BCUT2D eigenvalue weighted by Crippen LogP contribution is -2.32. The van der Waals surface area contributed by atoms with Crippen molar-refractivity contribution in [2.75, 3.05) is 20.1 Å². The first-order valence-electron chi connectivity index (χ1n) is 4.05. The maximum Gasteiger partial charge on any atom is 0.221 e. The monoisotopic (exact) mass is 158 g/mol. The highest BCUT2D eigenvalue weighted by Crippen LogP contribution is 1.96. The molecule has 0 rings (SSSR count). The molecule has 0 radical (unpaired) electrons. The Labute approximate surface area is 68.6 Å². The second kappa shape index (κ2) is 5.13. The van der Waals surface area contributed by atoms with Crippen LogP contribution in [0.1, 0.15) is 20.3 Å². The molecule has 0 aliphatic rings. The molecule has 66 valence electrons. The zero-order chi connectivity index (χ0) is 8.85. The first-order valence-corrected chi connectivity index (χ1v) is 4.05. The summed E-state index contributed by atoms with van der Waals surface area (Å²) in [6, 6.07) is 0. The average Bonchev–Trinajstić information content (AvgIpc) is 1.87. The van der Waals surface area contributed by atoms with E-state index in [0.717, 1.165) is 19.5 Å². The van der Waals surface area contributed by atoms with Crippen molar-refractivity contribution in [2.45, 2.75) is 20.3 Å². The summed E-state index contributed by atoms with van der Waals surface area (Å²) >= 11 is 0. The van der Waals surface area contributed by atoms with E-state index in [2.05, 4.69) is 11.8 Å². The Balaban J connectivity index is 3.56. The molecule has 0 aromatic carbocycles. The normalized spacial score (nSPS) is 13.5. The SMILES string of the molecule is CCCN(C)C[C@@H](C)C(N)=O. The summed E-state index contributed by atoms with van der Waals surface area (Å²) in [5.74, 6) is -0.250. The van der Waals surface area contributed by atoms with E-state index in [9.17, 15) is 4.79 Å². The van der Waals surface area contributed by atoms with Crippen LogP contribution in [-0.2, 0) is 4.79 Å². The van der Waals surface area contributed by atoms with Gasteiger partial charge >= 0.3 is 0 Å². The molecule has 0 aliphatic carbocycles. The van der Waals surface area contributed by atoms with Crippen molar-refractivity contribution in [2.24, 2.45) is 11.7 Å². The third-order valence-electron chi connectivity index (χ3n) is 1.68. The molecular formula is C8H18N2O. The molecule has 0 fully saturated rings. The van der Waals surface area contributed by atoms with E-state index in [-0.39, 0.29) is 11.8 Å². The molecule has 0 bridgehead atoms. The van der Waals surface area contributed by atoms with Gasteiger partial charge in [-0.2, -0.15) is 0 Å². The lowest BCUT2D eigenvalue weighted by atomic mass is 10.1. The van der Waals surface area contributed by atoms with E-state index >= 15 is 0 Å². The van der Waals surface area contributed by atoms with Gasteiger partial charge in [-0.3, -0.25) is 4.79 Å². The number of hydrogen-bond acceptors (Lipinski definition) is 2. The standard InChI is InChI=1S/C8H18N2O/c1-4-5-10(3)6-7(2)8(9)11/h7H,4-6H2,1-3H3,(H2,9,11)/t7-/m1/s1. The molecule has 0 aliphatic heterocycles. The molecule has 2 N–H and O–H groups in total. The smallest absolute Gasteiger partial charge is 0.221 e. The Kier molecular flexibility index (Phi) is 4.86. The van der Waals surface area contributed by atoms with Gasteiger partial charge in [-0.1, -0.05) is 13.8 Å². The second-order valence-corrected chi connectivity index (χ2v) is 3.07. The van der Waals surface area contributed by atoms with Crippen LogP contribution in [0.2, 0.25) is 0 Å². The van der Waals surface area contributed by atoms with Crippen LogP contribution in [0.25, 0.3) is 0 Å². The number of carbonyl (C=O) groups is 1. The van der Waals surface area contributed by atoms with Crippen molar-refractivity contribution in [3.05, 3.63) is 0 Å². The van der Waals surface area contributed by atoms with Gasteiger partial charge in [-0.25, -0.2) is 0 Å².